The highest BCUT2D eigenvalue weighted by molar-refractivity contribution is 5.05. The second kappa shape index (κ2) is 4.27. The second-order valence-electron chi connectivity index (χ2n) is 3.52. The summed E-state index contributed by atoms with van der Waals surface area (Å²) in [5.41, 5.74) is 2.22. The van der Waals surface area contributed by atoms with Crippen LogP contribution < -0.4 is 5.32 Å². The van der Waals surface area contributed by atoms with Crippen LogP contribution in [0.4, 0.5) is 0 Å². The van der Waals surface area contributed by atoms with Gasteiger partial charge in [-0.05, 0) is 13.1 Å². The first-order valence-corrected chi connectivity index (χ1v) is 4.91. The van der Waals surface area contributed by atoms with Crippen molar-refractivity contribution in [3.8, 4) is 0 Å². The van der Waals surface area contributed by atoms with Crippen molar-refractivity contribution in [1.29, 1.82) is 0 Å². The van der Waals surface area contributed by atoms with E-state index in [0.717, 1.165) is 18.8 Å². The van der Waals surface area contributed by atoms with E-state index in [0.29, 0.717) is 0 Å². The summed E-state index contributed by atoms with van der Waals surface area (Å²) in [6.45, 7) is 1.60. The first kappa shape index (κ1) is 9.92. The van der Waals surface area contributed by atoms with Crippen LogP contribution in [0.15, 0.2) is 24.8 Å². The van der Waals surface area contributed by atoms with E-state index in [2.05, 4.69) is 20.0 Å². The molecule has 0 aromatic carbocycles. The highest BCUT2D eigenvalue weighted by Crippen LogP contribution is 2.03. The third-order valence-electron chi connectivity index (χ3n) is 2.26. The summed E-state index contributed by atoms with van der Waals surface area (Å²) in [6, 6.07) is 2.02. The van der Waals surface area contributed by atoms with E-state index < -0.39 is 0 Å². The predicted octanol–water partition coefficient (Wildman–Crippen LogP) is 0.384. The Morgan fingerprint density at radius 2 is 2.33 bits per heavy atom. The van der Waals surface area contributed by atoms with Gasteiger partial charge in [-0.25, -0.2) is 4.98 Å². The van der Waals surface area contributed by atoms with Crippen molar-refractivity contribution in [1.82, 2.24) is 24.6 Å². The van der Waals surface area contributed by atoms with Crippen molar-refractivity contribution < 1.29 is 0 Å². The maximum Gasteiger partial charge on any atom is 0.0952 e. The summed E-state index contributed by atoms with van der Waals surface area (Å²) >= 11 is 0. The minimum atomic E-state index is 0.776. The van der Waals surface area contributed by atoms with Gasteiger partial charge in [0.15, 0.2) is 0 Å². The lowest BCUT2D eigenvalue weighted by molar-refractivity contribution is 0.663. The quantitative estimate of drug-likeness (QED) is 0.785. The molecule has 0 aliphatic carbocycles. The Hall–Kier alpha value is -1.62. The Balaban J connectivity index is 2.13. The molecular formula is C10H15N5. The molecule has 0 amide bonds. The Labute approximate surface area is 88.7 Å². The first-order valence-electron chi connectivity index (χ1n) is 4.91. The highest BCUT2D eigenvalue weighted by atomic mass is 15.3. The summed E-state index contributed by atoms with van der Waals surface area (Å²) in [6.07, 6.45) is 5.66. The zero-order valence-electron chi connectivity index (χ0n) is 9.01. The SMILES string of the molecule is CNCc1cncn1Cc1ccn(C)n1. The van der Waals surface area contributed by atoms with Crippen LogP contribution in [0.3, 0.4) is 0 Å². The van der Waals surface area contributed by atoms with E-state index >= 15 is 0 Å². The Bertz CT molecular complexity index is 428. The van der Waals surface area contributed by atoms with Crippen LogP contribution in [0.25, 0.3) is 0 Å². The molecule has 5 heteroatoms. The molecule has 2 heterocycles. The van der Waals surface area contributed by atoms with Crippen LogP contribution in [-0.4, -0.2) is 26.4 Å². The number of hydrogen-bond donors (Lipinski definition) is 1. The van der Waals surface area contributed by atoms with Gasteiger partial charge >= 0.3 is 0 Å². The monoisotopic (exact) mass is 205 g/mol. The normalized spacial score (nSPS) is 10.8. The number of rotatable bonds is 4. The van der Waals surface area contributed by atoms with Crippen molar-refractivity contribution >= 4 is 0 Å². The van der Waals surface area contributed by atoms with E-state index in [1.807, 2.05) is 43.6 Å². The molecule has 80 valence electrons. The van der Waals surface area contributed by atoms with Crippen LogP contribution >= 0.6 is 0 Å². The highest BCUT2D eigenvalue weighted by Gasteiger charge is 2.03. The van der Waals surface area contributed by atoms with Gasteiger partial charge in [0, 0.05) is 26.0 Å². The maximum atomic E-state index is 4.33. The van der Waals surface area contributed by atoms with E-state index in [-0.39, 0.29) is 0 Å². The second-order valence-corrected chi connectivity index (χ2v) is 3.52. The zero-order valence-corrected chi connectivity index (χ0v) is 9.01. The molecule has 0 fully saturated rings. The Morgan fingerprint density at radius 1 is 1.47 bits per heavy atom. The van der Waals surface area contributed by atoms with Crippen LogP contribution in [0.5, 0.6) is 0 Å². The predicted molar refractivity (Wildman–Crippen MR) is 57.3 cm³/mol. The molecule has 0 spiro atoms. The maximum absolute atomic E-state index is 4.33. The molecule has 0 aliphatic heterocycles. The fourth-order valence-electron chi connectivity index (χ4n) is 1.54. The van der Waals surface area contributed by atoms with Gasteiger partial charge in [0.2, 0.25) is 0 Å². The van der Waals surface area contributed by atoms with Gasteiger partial charge in [0.05, 0.1) is 24.3 Å². The van der Waals surface area contributed by atoms with E-state index in [1.54, 1.807) is 0 Å². The van der Waals surface area contributed by atoms with E-state index in [4.69, 9.17) is 0 Å². The van der Waals surface area contributed by atoms with Crippen molar-refractivity contribution in [2.45, 2.75) is 13.1 Å². The molecule has 0 radical (unpaired) electrons. The molecule has 0 bridgehead atoms. The Kier molecular flexibility index (Phi) is 2.82. The molecule has 0 unspecified atom stereocenters. The fourth-order valence-corrected chi connectivity index (χ4v) is 1.54. The third kappa shape index (κ3) is 2.24. The number of aromatic nitrogens is 4. The molecule has 0 saturated carbocycles. The molecular weight excluding hydrogens is 190 g/mol. The number of hydrogen-bond acceptors (Lipinski definition) is 3. The van der Waals surface area contributed by atoms with Crippen molar-refractivity contribution in [3.63, 3.8) is 0 Å². The molecule has 0 atom stereocenters. The summed E-state index contributed by atoms with van der Waals surface area (Å²) in [4.78, 5) is 4.13. The lowest BCUT2D eigenvalue weighted by Gasteiger charge is -2.05. The molecule has 5 nitrogen and oxygen atoms in total. The van der Waals surface area contributed by atoms with Gasteiger partial charge in [0.25, 0.3) is 0 Å². The molecule has 2 aromatic heterocycles. The van der Waals surface area contributed by atoms with Gasteiger partial charge in [-0.15, -0.1) is 0 Å². The number of nitrogens with zero attached hydrogens (tertiary/aromatic N) is 4. The van der Waals surface area contributed by atoms with E-state index in [9.17, 15) is 0 Å². The van der Waals surface area contributed by atoms with Crippen molar-refractivity contribution in [2.75, 3.05) is 7.05 Å². The largest absolute Gasteiger partial charge is 0.327 e. The molecule has 0 aliphatic rings. The van der Waals surface area contributed by atoms with Gasteiger partial charge in [-0.3, -0.25) is 4.68 Å². The summed E-state index contributed by atoms with van der Waals surface area (Å²) in [7, 11) is 3.85. The smallest absolute Gasteiger partial charge is 0.0952 e. The minimum absolute atomic E-state index is 0.776. The molecule has 2 rings (SSSR count). The standard InChI is InChI=1S/C10H15N5/c1-11-5-10-6-12-8-15(10)7-9-3-4-14(2)13-9/h3-4,6,8,11H,5,7H2,1-2H3. The minimum Gasteiger partial charge on any atom is -0.327 e. The van der Waals surface area contributed by atoms with E-state index in [1.165, 1.54) is 5.69 Å². The van der Waals surface area contributed by atoms with Crippen LogP contribution in [0, 0.1) is 0 Å². The fraction of sp³-hybridized carbons (Fsp3) is 0.400. The lowest BCUT2D eigenvalue weighted by Crippen LogP contribution is -2.11. The Morgan fingerprint density at radius 3 is 3.00 bits per heavy atom. The summed E-state index contributed by atoms with van der Waals surface area (Å²) in [5, 5.41) is 7.45. The molecule has 15 heavy (non-hydrogen) atoms. The molecule has 2 aromatic rings. The van der Waals surface area contributed by atoms with Crippen LogP contribution in [0.2, 0.25) is 0 Å². The summed E-state index contributed by atoms with van der Waals surface area (Å²) in [5.74, 6) is 0. The topological polar surface area (TPSA) is 47.7 Å². The number of imidazole rings is 1. The van der Waals surface area contributed by atoms with Gasteiger partial charge < -0.3 is 9.88 Å². The number of nitrogens with one attached hydrogen (secondary N) is 1. The molecule has 1 N–H and O–H groups in total. The van der Waals surface area contributed by atoms with Gasteiger partial charge in [-0.1, -0.05) is 0 Å². The third-order valence-corrected chi connectivity index (χ3v) is 2.26. The average Bonchev–Trinajstić information content (AvgIpc) is 2.78. The zero-order chi connectivity index (χ0) is 10.7. The lowest BCUT2D eigenvalue weighted by atomic mass is 10.4. The van der Waals surface area contributed by atoms with Crippen molar-refractivity contribution in [3.05, 3.63) is 36.2 Å². The average molecular weight is 205 g/mol. The van der Waals surface area contributed by atoms with Crippen LogP contribution in [0.1, 0.15) is 11.4 Å². The number of aryl methyl sites for hydroxylation is 1. The summed E-state index contributed by atoms with van der Waals surface area (Å²) < 4.78 is 3.91. The van der Waals surface area contributed by atoms with Gasteiger partial charge in [-0.2, -0.15) is 5.10 Å². The first-order chi connectivity index (χ1) is 7.29. The van der Waals surface area contributed by atoms with Gasteiger partial charge in [0.1, 0.15) is 0 Å². The molecule has 0 saturated heterocycles. The van der Waals surface area contributed by atoms with Crippen LogP contribution in [-0.2, 0) is 20.1 Å². The van der Waals surface area contributed by atoms with Crippen molar-refractivity contribution in [2.24, 2.45) is 7.05 Å².